The van der Waals surface area contributed by atoms with E-state index in [2.05, 4.69) is 11.4 Å². The first-order valence-electron chi connectivity index (χ1n) is 7.24. The van der Waals surface area contributed by atoms with E-state index in [1.54, 1.807) is 0 Å². The highest BCUT2D eigenvalue weighted by atomic mass is 16.5. The summed E-state index contributed by atoms with van der Waals surface area (Å²) >= 11 is 0. The van der Waals surface area contributed by atoms with Crippen LogP contribution >= 0.6 is 0 Å². The summed E-state index contributed by atoms with van der Waals surface area (Å²) in [6, 6.07) is 17.5. The first-order valence-corrected chi connectivity index (χ1v) is 7.24. The van der Waals surface area contributed by atoms with Crippen LogP contribution in [0.25, 0.3) is 0 Å². The van der Waals surface area contributed by atoms with E-state index in [0.29, 0.717) is 13.0 Å². The van der Waals surface area contributed by atoms with Gasteiger partial charge in [-0.2, -0.15) is 0 Å². The second-order valence-corrected chi connectivity index (χ2v) is 5.03. The number of ether oxygens (including phenoxy) is 1. The van der Waals surface area contributed by atoms with Gasteiger partial charge < -0.3 is 10.1 Å². The number of carbonyl (C=O) groups is 1. The molecule has 2 rings (SSSR count). The molecule has 2 aromatic carbocycles. The monoisotopic (exact) mass is 283 g/mol. The van der Waals surface area contributed by atoms with E-state index in [0.717, 1.165) is 11.3 Å². The highest BCUT2D eigenvalue weighted by Crippen LogP contribution is 2.13. The van der Waals surface area contributed by atoms with Crippen molar-refractivity contribution in [2.24, 2.45) is 0 Å². The molecule has 21 heavy (non-hydrogen) atoms. The van der Waals surface area contributed by atoms with Crippen LogP contribution in [0, 0.1) is 6.92 Å². The van der Waals surface area contributed by atoms with Crippen molar-refractivity contribution in [2.45, 2.75) is 32.9 Å². The Kier molecular flexibility index (Phi) is 5.38. The van der Waals surface area contributed by atoms with Gasteiger partial charge in [-0.15, -0.1) is 0 Å². The number of benzene rings is 2. The third-order valence-electron chi connectivity index (χ3n) is 3.23. The third-order valence-corrected chi connectivity index (χ3v) is 3.23. The second kappa shape index (κ2) is 7.48. The third kappa shape index (κ3) is 4.63. The van der Waals surface area contributed by atoms with Crippen LogP contribution in [0.1, 0.15) is 24.5 Å². The molecule has 1 amide bonds. The van der Waals surface area contributed by atoms with Gasteiger partial charge in [0.1, 0.15) is 5.75 Å². The average molecular weight is 283 g/mol. The summed E-state index contributed by atoms with van der Waals surface area (Å²) in [4.78, 5) is 12.2. The van der Waals surface area contributed by atoms with Crippen molar-refractivity contribution >= 4 is 5.91 Å². The SMILES string of the molecule is CCC(Oc1ccccc1)C(=O)NCc1cccc(C)c1. The molecular weight excluding hydrogens is 262 g/mol. The number of nitrogens with one attached hydrogen (secondary N) is 1. The van der Waals surface area contributed by atoms with Crippen LogP contribution in [0.3, 0.4) is 0 Å². The Morgan fingerprint density at radius 1 is 1.14 bits per heavy atom. The summed E-state index contributed by atoms with van der Waals surface area (Å²) in [5, 5.41) is 2.93. The van der Waals surface area contributed by atoms with Crippen molar-refractivity contribution in [3.63, 3.8) is 0 Å². The number of carbonyl (C=O) groups excluding carboxylic acids is 1. The zero-order valence-electron chi connectivity index (χ0n) is 12.5. The lowest BCUT2D eigenvalue weighted by Crippen LogP contribution is -2.37. The van der Waals surface area contributed by atoms with Gasteiger partial charge in [-0.3, -0.25) is 4.79 Å². The fourth-order valence-corrected chi connectivity index (χ4v) is 2.11. The number of para-hydroxylation sites is 1. The van der Waals surface area contributed by atoms with E-state index in [1.807, 2.05) is 62.4 Å². The Bertz CT molecular complexity index is 581. The lowest BCUT2D eigenvalue weighted by Gasteiger charge is -2.17. The molecule has 0 saturated heterocycles. The smallest absolute Gasteiger partial charge is 0.261 e. The van der Waals surface area contributed by atoms with Crippen LogP contribution in [0.2, 0.25) is 0 Å². The van der Waals surface area contributed by atoms with Gasteiger partial charge in [-0.05, 0) is 31.0 Å². The Hall–Kier alpha value is -2.29. The van der Waals surface area contributed by atoms with Crippen LogP contribution in [0.4, 0.5) is 0 Å². The molecule has 0 saturated carbocycles. The average Bonchev–Trinajstić information content (AvgIpc) is 2.51. The molecule has 0 heterocycles. The minimum atomic E-state index is -0.461. The standard InChI is InChI=1S/C18H21NO2/c1-3-17(21-16-10-5-4-6-11-16)18(20)19-13-15-9-7-8-14(2)12-15/h4-12,17H,3,13H2,1-2H3,(H,19,20). The van der Waals surface area contributed by atoms with E-state index < -0.39 is 6.10 Å². The predicted octanol–water partition coefficient (Wildman–Crippen LogP) is 3.47. The van der Waals surface area contributed by atoms with Crippen LogP contribution in [0.5, 0.6) is 5.75 Å². The highest BCUT2D eigenvalue weighted by Gasteiger charge is 2.17. The highest BCUT2D eigenvalue weighted by molar-refractivity contribution is 5.81. The number of hydrogen-bond acceptors (Lipinski definition) is 2. The Morgan fingerprint density at radius 2 is 1.90 bits per heavy atom. The van der Waals surface area contributed by atoms with E-state index in [-0.39, 0.29) is 5.91 Å². The van der Waals surface area contributed by atoms with Crippen LogP contribution in [-0.2, 0) is 11.3 Å². The quantitative estimate of drug-likeness (QED) is 0.881. The van der Waals surface area contributed by atoms with Gasteiger partial charge in [0.25, 0.3) is 5.91 Å². The fourth-order valence-electron chi connectivity index (χ4n) is 2.11. The van der Waals surface area contributed by atoms with Gasteiger partial charge in [0.05, 0.1) is 0 Å². The zero-order valence-corrected chi connectivity index (χ0v) is 12.5. The molecule has 1 atom stereocenters. The predicted molar refractivity (Wildman–Crippen MR) is 84.2 cm³/mol. The van der Waals surface area contributed by atoms with E-state index in [1.165, 1.54) is 5.56 Å². The Morgan fingerprint density at radius 3 is 2.57 bits per heavy atom. The maximum Gasteiger partial charge on any atom is 0.261 e. The normalized spacial score (nSPS) is 11.7. The van der Waals surface area contributed by atoms with Gasteiger partial charge in [0.2, 0.25) is 0 Å². The molecule has 0 fully saturated rings. The molecular formula is C18H21NO2. The summed E-state index contributed by atoms with van der Waals surface area (Å²) < 4.78 is 5.73. The van der Waals surface area contributed by atoms with Gasteiger partial charge in [-0.25, -0.2) is 0 Å². The van der Waals surface area contributed by atoms with Gasteiger partial charge in [0, 0.05) is 6.54 Å². The molecule has 110 valence electrons. The van der Waals surface area contributed by atoms with Crippen LogP contribution < -0.4 is 10.1 Å². The molecule has 3 nitrogen and oxygen atoms in total. The molecule has 0 bridgehead atoms. The summed E-state index contributed by atoms with van der Waals surface area (Å²) in [6.45, 7) is 4.51. The van der Waals surface area contributed by atoms with Crippen molar-refractivity contribution in [1.29, 1.82) is 0 Å². The Balaban J connectivity index is 1.91. The van der Waals surface area contributed by atoms with Crippen molar-refractivity contribution in [3.05, 3.63) is 65.7 Å². The second-order valence-electron chi connectivity index (χ2n) is 5.03. The maximum absolute atomic E-state index is 12.2. The molecule has 0 aliphatic heterocycles. The van der Waals surface area contributed by atoms with Crippen LogP contribution in [0.15, 0.2) is 54.6 Å². The summed E-state index contributed by atoms with van der Waals surface area (Å²) in [5.41, 5.74) is 2.28. The van der Waals surface area contributed by atoms with E-state index >= 15 is 0 Å². The molecule has 0 spiro atoms. The van der Waals surface area contributed by atoms with Crippen molar-refractivity contribution in [3.8, 4) is 5.75 Å². The molecule has 3 heteroatoms. The largest absolute Gasteiger partial charge is 0.481 e. The molecule has 0 radical (unpaired) electrons. The number of amides is 1. The molecule has 2 aromatic rings. The summed E-state index contributed by atoms with van der Waals surface area (Å²) in [6.07, 6.45) is 0.173. The van der Waals surface area contributed by atoms with Crippen LogP contribution in [-0.4, -0.2) is 12.0 Å². The lowest BCUT2D eigenvalue weighted by atomic mass is 10.1. The molecule has 1 unspecified atom stereocenters. The maximum atomic E-state index is 12.2. The molecule has 0 aliphatic carbocycles. The van der Waals surface area contributed by atoms with Crippen molar-refractivity contribution in [2.75, 3.05) is 0 Å². The van der Waals surface area contributed by atoms with E-state index in [4.69, 9.17) is 4.74 Å². The van der Waals surface area contributed by atoms with Gasteiger partial charge in [-0.1, -0.05) is 55.0 Å². The Labute approximate surface area is 126 Å². The first-order chi connectivity index (χ1) is 10.2. The topological polar surface area (TPSA) is 38.3 Å². The molecule has 1 N–H and O–H groups in total. The van der Waals surface area contributed by atoms with E-state index in [9.17, 15) is 4.79 Å². The first kappa shape index (κ1) is 15.1. The number of rotatable bonds is 6. The lowest BCUT2D eigenvalue weighted by molar-refractivity contribution is -0.128. The van der Waals surface area contributed by atoms with Crippen molar-refractivity contribution in [1.82, 2.24) is 5.32 Å². The minimum Gasteiger partial charge on any atom is -0.481 e. The van der Waals surface area contributed by atoms with Crippen molar-refractivity contribution < 1.29 is 9.53 Å². The fraction of sp³-hybridized carbons (Fsp3) is 0.278. The minimum absolute atomic E-state index is 0.0807. The number of hydrogen-bond donors (Lipinski definition) is 1. The molecule has 0 aliphatic rings. The van der Waals surface area contributed by atoms with Gasteiger partial charge in [0.15, 0.2) is 6.10 Å². The number of aryl methyl sites for hydroxylation is 1. The summed E-state index contributed by atoms with van der Waals surface area (Å²) in [5.74, 6) is 0.637. The molecule has 0 aromatic heterocycles. The summed E-state index contributed by atoms with van der Waals surface area (Å²) in [7, 11) is 0. The van der Waals surface area contributed by atoms with Gasteiger partial charge >= 0.3 is 0 Å². The zero-order chi connectivity index (χ0) is 15.1.